The van der Waals surface area contributed by atoms with Crippen molar-refractivity contribution in [3.63, 3.8) is 0 Å². The Bertz CT molecular complexity index is 1510. The fourth-order valence-electron chi connectivity index (χ4n) is 5.75. The van der Waals surface area contributed by atoms with E-state index in [2.05, 4.69) is 4.98 Å². The Morgan fingerprint density at radius 3 is 2.60 bits per heavy atom. The van der Waals surface area contributed by atoms with Crippen molar-refractivity contribution in [1.82, 2.24) is 18.9 Å². The van der Waals surface area contributed by atoms with Crippen LogP contribution in [0, 0.1) is 0 Å². The summed E-state index contributed by atoms with van der Waals surface area (Å²) >= 11 is 0. The number of nitrogens with zero attached hydrogens (tertiary/aromatic N) is 4. The standard InChI is InChI=1S/C26H27F2N5O2/c1-25(35)13-17(14-25)23-31-20(21-22(29)30-9-11-33(21)23)16-3-2-15-6-10-32(24(34)19(15)12-16)18-4-7-26(27,28)8-5-18/h2-3,6,9-12,17-18,35H,4-5,7-8,13-14H2,1H3,(H2,29,30). The number of halogens is 2. The Kier molecular flexibility index (Phi) is 4.80. The highest BCUT2D eigenvalue weighted by Gasteiger charge is 2.42. The van der Waals surface area contributed by atoms with Gasteiger partial charge >= 0.3 is 0 Å². The van der Waals surface area contributed by atoms with E-state index >= 15 is 0 Å². The predicted molar refractivity (Wildman–Crippen MR) is 130 cm³/mol. The molecule has 182 valence electrons. The molecule has 4 aromatic rings. The van der Waals surface area contributed by atoms with Gasteiger partial charge in [-0.3, -0.25) is 9.20 Å². The van der Waals surface area contributed by atoms with E-state index in [9.17, 15) is 18.7 Å². The number of imidazole rings is 1. The number of hydrogen-bond donors (Lipinski definition) is 2. The van der Waals surface area contributed by atoms with Gasteiger partial charge in [-0.2, -0.15) is 0 Å². The average Bonchev–Trinajstić information content (AvgIpc) is 3.19. The highest BCUT2D eigenvalue weighted by atomic mass is 19.3. The fraction of sp³-hybridized carbons (Fsp3) is 0.423. The molecule has 0 unspecified atom stereocenters. The topological polar surface area (TPSA) is 98.4 Å². The summed E-state index contributed by atoms with van der Waals surface area (Å²) in [6, 6.07) is 7.21. The number of aliphatic hydroxyl groups is 1. The number of anilines is 1. The molecule has 1 aromatic carbocycles. The first-order valence-electron chi connectivity index (χ1n) is 12.0. The van der Waals surface area contributed by atoms with Gasteiger partial charge in [0.05, 0.1) is 5.60 Å². The predicted octanol–water partition coefficient (Wildman–Crippen LogP) is 4.67. The van der Waals surface area contributed by atoms with Gasteiger partial charge in [0.15, 0.2) is 0 Å². The summed E-state index contributed by atoms with van der Waals surface area (Å²) in [7, 11) is 0. The summed E-state index contributed by atoms with van der Waals surface area (Å²) in [6.45, 7) is 1.82. The second kappa shape index (κ2) is 7.58. The van der Waals surface area contributed by atoms with Gasteiger partial charge in [0.1, 0.15) is 22.9 Å². The highest BCUT2D eigenvalue weighted by Crippen LogP contribution is 2.45. The van der Waals surface area contributed by atoms with Crippen LogP contribution in [0.3, 0.4) is 0 Å². The first-order chi connectivity index (χ1) is 16.6. The van der Waals surface area contributed by atoms with E-state index < -0.39 is 11.5 Å². The smallest absolute Gasteiger partial charge is 0.258 e. The van der Waals surface area contributed by atoms with E-state index in [0.29, 0.717) is 35.3 Å². The van der Waals surface area contributed by atoms with Crippen LogP contribution in [0.2, 0.25) is 0 Å². The maximum atomic E-state index is 13.7. The molecule has 0 amide bonds. The van der Waals surface area contributed by atoms with Crippen molar-refractivity contribution in [1.29, 1.82) is 0 Å². The minimum Gasteiger partial charge on any atom is -0.390 e. The maximum Gasteiger partial charge on any atom is 0.258 e. The zero-order valence-corrected chi connectivity index (χ0v) is 19.4. The Labute approximate surface area is 200 Å². The molecule has 2 aliphatic carbocycles. The number of benzene rings is 1. The van der Waals surface area contributed by atoms with Crippen molar-refractivity contribution in [3.05, 3.63) is 59.0 Å². The maximum absolute atomic E-state index is 13.7. The van der Waals surface area contributed by atoms with Crippen molar-refractivity contribution >= 4 is 22.1 Å². The minimum atomic E-state index is -2.65. The van der Waals surface area contributed by atoms with E-state index in [4.69, 9.17) is 10.7 Å². The second-order valence-electron chi connectivity index (χ2n) is 10.4. The van der Waals surface area contributed by atoms with Crippen LogP contribution in [0.15, 0.2) is 47.7 Å². The largest absolute Gasteiger partial charge is 0.390 e. The van der Waals surface area contributed by atoms with Gasteiger partial charge in [-0.25, -0.2) is 18.7 Å². The third-order valence-corrected chi connectivity index (χ3v) is 7.63. The molecular weight excluding hydrogens is 452 g/mol. The zero-order valence-electron chi connectivity index (χ0n) is 19.4. The molecule has 3 heterocycles. The first-order valence-corrected chi connectivity index (χ1v) is 12.0. The van der Waals surface area contributed by atoms with Crippen LogP contribution in [0.25, 0.3) is 27.5 Å². The van der Waals surface area contributed by atoms with E-state index in [1.165, 1.54) is 0 Å². The number of aromatic nitrogens is 4. The molecule has 6 rings (SSSR count). The van der Waals surface area contributed by atoms with E-state index in [-0.39, 0.29) is 43.2 Å². The lowest BCUT2D eigenvalue weighted by Gasteiger charge is -2.40. The molecule has 2 aliphatic rings. The van der Waals surface area contributed by atoms with Gasteiger partial charge in [0.25, 0.3) is 5.56 Å². The molecule has 0 aliphatic heterocycles. The molecule has 3 aromatic heterocycles. The Balaban J connectivity index is 1.45. The number of nitrogen functional groups attached to an aromatic ring is 1. The summed E-state index contributed by atoms with van der Waals surface area (Å²) < 4.78 is 30.8. The van der Waals surface area contributed by atoms with Crippen molar-refractivity contribution < 1.29 is 13.9 Å². The van der Waals surface area contributed by atoms with Crippen LogP contribution in [0.1, 0.15) is 63.2 Å². The number of alkyl halides is 2. The van der Waals surface area contributed by atoms with Crippen molar-refractivity contribution in [2.75, 3.05) is 5.73 Å². The van der Waals surface area contributed by atoms with Gasteiger partial charge in [-0.1, -0.05) is 12.1 Å². The molecule has 0 radical (unpaired) electrons. The molecule has 0 saturated heterocycles. The third-order valence-electron chi connectivity index (χ3n) is 7.63. The summed E-state index contributed by atoms with van der Waals surface area (Å²) in [5.74, 6) is -1.41. The number of fused-ring (bicyclic) bond motifs is 2. The molecule has 3 N–H and O–H groups in total. The van der Waals surface area contributed by atoms with Crippen LogP contribution >= 0.6 is 0 Å². The average molecular weight is 480 g/mol. The minimum absolute atomic E-state index is 0.0927. The number of hydrogen-bond acceptors (Lipinski definition) is 5. The molecule has 9 heteroatoms. The Morgan fingerprint density at radius 2 is 1.89 bits per heavy atom. The SMILES string of the molecule is CC1(O)CC(c2nc(-c3ccc4ccn(C5CCC(F)(F)CC5)c(=O)c4c3)c3c(N)nccn23)C1. The Morgan fingerprint density at radius 1 is 1.14 bits per heavy atom. The van der Waals surface area contributed by atoms with Crippen LogP contribution in [0.4, 0.5) is 14.6 Å². The van der Waals surface area contributed by atoms with Gasteiger partial charge in [-0.05, 0) is 50.1 Å². The van der Waals surface area contributed by atoms with Gasteiger partial charge in [0, 0.05) is 54.3 Å². The summed E-state index contributed by atoms with van der Waals surface area (Å²) in [4.78, 5) is 22.6. The van der Waals surface area contributed by atoms with Crippen molar-refractivity contribution in [3.8, 4) is 11.3 Å². The number of rotatable bonds is 3. The third kappa shape index (κ3) is 3.69. The molecular formula is C26H27F2N5O2. The monoisotopic (exact) mass is 479 g/mol. The molecule has 0 spiro atoms. The van der Waals surface area contributed by atoms with Gasteiger partial charge < -0.3 is 15.4 Å². The van der Waals surface area contributed by atoms with Crippen LogP contribution in [-0.4, -0.2) is 35.6 Å². The zero-order chi connectivity index (χ0) is 24.5. The van der Waals surface area contributed by atoms with E-state index in [1.54, 1.807) is 23.0 Å². The first kappa shape index (κ1) is 22.2. The molecule has 7 nitrogen and oxygen atoms in total. The van der Waals surface area contributed by atoms with Gasteiger partial charge in [-0.15, -0.1) is 0 Å². The van der Waals surface area contributed by atoms with Crippen molar-refractivity contribution in [2.24, 2.45) is 0 Å². The normalized spacial score (nSPS) is 24.6. The number of pyridine rings is 1. The van der Waals surface area contributed by atoms with Crippen LogP contribution < -0.4 is 11.3 Å². The molecule has 0 atom stereocenters. The lowest BCUT2D eigenvalue weighted by molar-refractivity contribution is -0.0442. The van der Waals surface area contributed by atoms with Crippen molar-refractivity contribution in [2.45, 2.75) is 68.9 Å². The molecule has 2 saturated carbocycles. The summed E-state index contributed by atoms with van der Waals surface area (Å²) in [5, 5.41) is 11.5. The highest BCUT2D eigenvalue weighted by molar-refractivity contribution is 5.91. The molecule has 2 fully saturated rings. The lowest BCUT2D eigenvalue weighted by Crippen LogP contribution is -2.40. The summed E-state index contributed by atoms with van der Waals surface area (Å²) in [5.41, 5.74) is 7.40. The lowest BCUT2D eigenvalue weighted by atomic mass is 9.72. The number of nitrogens with two attached hydrogens (primary N) is 1. The van der Waals surface area contributed by atoms with E-state index in [1.807, 2.05) is 35.7 Å². The Hall–Kier alpha value is -3.33. The second-order valence-corrected chi connectivity index (χ2v) is 10.4. The molecule has 35 heavy (non-hydrogen) atoms. The van der Waals surface area contributed by atoms with Gasteiger partial charge in [0.2, 0.25) is 5.92 Å². The quantitative estimate of drug-likeness (QED) is 0.445. The summed E-state index contributed by atoms with van der Waals surface area (Å²) in [6.07, 6.45) is 6.53. The fourth-order valence-corrected chi connectivity index (χ4v) is 5.75. The van der Waals surface area contributed by atoms with Crippen LogP contribution in [0.5, 0.6) is 0 Å². The molecule has 0 bridgehead atoms. The van der Waals surface area contributed by atoms with E-state index in [0.717, 1.165) is 16.8 Å². The van der Waals surface area contributed by atoms with Crippen LogP contribution in [-0.2, 0) is 0 Å².